The maximum absolute atomic E-state index is 13.0. The van der Waals surface area contributed by atoms with E-state index in [1.54, 1.807) is 36.4 Å². The monoisotopic (exact) mass is 495 g/mol. The number of esters is 1. The Balaban J connectivity index is 2.32. The number of rotatable bonds is 9. The van der Waals surface area contributed by atoms with Gasteiger partial charge in [0.25, 0.3) is 11.9 Å². The van der Waals surface area contributed by atoms with Crippen molar-refractivity contribution in [3.8, 4) is 0 Å². The summed E-state index contributed by atoms with van der Waals surface area (Å²) < 4.78 is 7.66. The van der Waals surface area contributed by atoms with Crippen LogP contribution in [0, 0.1) is 0 Å². The first-order chi connectivity index (χ1) is 14.2. The third kappa shape index (κ3) is 6.11. The topological polar surface area (TPSA) is 91.6 Å². The zero-order valence-corrected chi connectivity index (χ0v) is 18.8. The van der Waals surface area contributed by atoms with E-state index in [9.17, 15) is 14.4 Å². The first-order valence-electron chi connectivity index (χ1n) is 8.86. The number of pyridine rings is 1. The molecule has 2 aromatic rings. The van der Waals surface area contributed by atoms with Gasteiger partial charge in [-0.25, -0.2) is 0 Å². The van der Waals surface area contributed by atoms with E-state index in [-0.39, 0.29) is 29.9 Å². The molecule has 0 spiro atoms. The van der Waals surface area contributed by atoms with E-state index in [4.69, 9.17) is 11.8 Å². The number of hydrazine groups is 1. The fourth-order valence-electron chi connectivity index (χ4n) is 2.63. The number of nitrogens with zero attached hydrogens (tertiary/aromatic N) is 3. The van der Waals surface area contributed by atoms with Crippen molar-refractivity contribution in [3.05, 3.63) is 58.3 Å². The van der Waals surface area contributed by atoms with Gasteiger partial charge < -0.3 is 10.1 Å². The largest absolute Gasteiger partial charge is 0.469 e. The van der Waals surface area contributed by atoms with Gasteiger partial charge in [-0.3, -0.25) is 19.4 Å². The molecule has 1 aromatic carbocycles. The van der Waals surface area contributed by atoms with E-state index >= 15 is 0 Å². The number of ketones is 1. The molecule has 158 valence electrons. The molecule has 0 saturated carbocycles. The molecule has 8 nitrogen and oxygen atoms in total. The lowest BCUT2D eigenvalue weighted by Crippen LogP contribution is -2.42. The number of ether oxygens (including phenoxy) is 1. The Morgan fingerprint density at radius 2 is 2.07 bits per heavy atom. The number of hydrazone groups is 1. The van der Waals surface area contributed by atoms with Gasteiger partial charge in [-0.15, -0.1) is 0 Å². The van der Waals surface area contributed by atoms with Crippen molar-refractivity contribution in [2.75, 3.05) is 19.5 Å². The zero-order valence-electron chi connectivity index (χ0n) is 16.5. The number of hydrogen-bond donors (Lipinski definition) is 1. The van der Waals surface area contributed by atoms with Crippen molar-refractivity contribution in [1.82, 2.24) is 9.51 Å². The Morgan fingerprint density at radius 3 is 2.67 bits per heavy atom. The van der Waals surface area contributed by atoms with Gasteiger partial charge in [-0.1, -0.05) is 31.2 Å². The highest BCUT2D eigenvalue weighted by atomic mass is 79.9. The highest BCUT2D eigenvalue weighted by molar-refractivity contribution is 9.10. The minimum absolute atomic E-state index is 0.00854. The number of hydrogen-bond acceptors (Lipinski definition) is 6. The third-order valence-corrected chi connectivity index (χ3v) is 4.94. The molecule has 1 atom stereocenters. The molecule has 0 unspecified atom stereocenters. The molecule has 0 saturated heterocycles. The van der Waals surface area contributed by atoms with Gasteiger partial charge in [0, 0.05) is 22.7 Å². The number of amides is 1. The van der Waals surface area contributed by atoms with E-state index in [0.717, 1.165) is 4.53 Å². The van der Waals surface area contributed by atoms with Crippen LogP contribution in [0.4, 0.5) is 5.69 Å². The Labute approximate surface area is 187 Å². The minimum atomic E-state index is -0.881. The molecule has 0 fully saturated rings. The second kappa shape index (κ2) is 10.8. The lowest BCUT2D eigenvalue weighted by Gasteiger charge is -2.17. The molecule has 1 heterocycles. The van der Waals surface area contributed by atoms with Gasteiger partial charge in [0.1, 0.15) is 5.69 Å². The lowest BCUT2D eigenvalue weighted by molar-refractivity contribution is -0.666. The van der Waals surface area contributed by atoms with Crippen LogP contribution >= 0.6 is 27.7 Å². The van der Waals surface area contributed by atoms with Gasteiger partial charge >= 0.3 is 5.97 Å². The number of halogens is 2. The van der Waals surface area contributed by atoms with Crippen LogP contribution < -0.4 is 5.32 Å². The Morgan fingerprint density at radius 1 is 1.33 bits per heavy atom. The quantitative estimate of drug-likeness (QED) is 0.143. The van der Waals surface area contributed by atoms with Gasteiger partial charge in [0.2, 0.25) is 5.78 Å². The smallest absolute Gasteiger partial charge is 0.305 e. The second-order valence-corrected chi connectivity index (χ2v) is 7.64. The lowest BCUT2D eigenvalue weighted by atomic mass is 10.0. The molecule has 30 heavy (non-hydrogen) atoms. The van der Waals surface area contributed by atoms with E-state index < -0.39 is 17.9 Å². The predicted molar refractivity (Wildman–Crippen MR) is 116 cm³/mol. The average molecular weight is 497 g/mol. The average Bonchev–Trinajstić information content (AvgIpc) is 2.74. The Bertz CT molecular complexity index is 953. The molecule has 2 rings (SSSR count). The van der Waals surface area contributed by atoms with Gasteiger partial charge in [0.15, 0.2) is 6.72 Å². The molecular formula is C20H21BrClN4O4+. The summed E-state index contributed by atoms with van der Waals surface area (Å²) >= 11 is 9.28. The summed E-state index contributed by atoms with van der Waals surface area (Å²) in [7, 11) is 2.77. The molecule has 0 bridgehead atoms. The molecule has 0 radical (unpaired) electrons. The minimum Gasteiger partial charge on any atom is -0.469 e. The fraction of sp³-hybridized carbons (Fsp3) is 0.250. The van der Waals surface area contributed by atoms with E-state index in [0.29, 0.717) is 10.2 Å². The number of methoxy groups -OCH3 is 1. The van der Waals surface area contributed by atoms with Crippen LogP contribution in [-0.4, -0.2) is 58.8 Å². The summed E-state index contributed by atoms with van der Waals surface area (Å²) in [5.41, 5.74) is 0.804. The fourth-order valence-corrected chi connectivity index (χ4v) is 3.10. The summed E-state index contributed by atoms with van der Waals surface area (Å²) in [5.74, 6) is -1.30. The highest BCUT2D eigenvalue weighted by Crippen LogP contribution is 2.24. The van der Waals surface area contributed by atoms with Crippen molar-refractivity contribution in [2.45, 2.75) is 18.9 Å². The SMILES string of the molecule is C=[N+]([C@@H](CCC(=O)OC)C(=O)Nc1ccc(Br)cc1C(=O)c1ccccn1)N(C)Cl. The summed E-state index contributed by atoms with van der Waals surface area (Å²) in [6, 6.07) is 9.03. The first-order valence-corrected chi connectivity index (χ1v) is 9.99. The molecule has 10 heteroatoms. The second-order valence-electron chi connectivity index (χ2n) is 6.24. The summed E-state index contributed by atoms with van der Waals surface area (Å²) in [5, 5.41) is 2.74. The number of carbonyl (C=O) groups is 3. The molecule has 0 aliphatic carbocycles. The van der Waals surface area contributed by atoms with Crippen molar-refractivity contribution < 1.29 is 23.8 Å². The van der Waals surface area contributed by atoms with Crippen LogP contribution in [0.25, 0.3) is 0 Å². The van der Waals surface area contributed by atoms with Gasteiger partial charge in [-0.2, -0.15) is 0 Å². The van der Waals surface area contributed by atoms with Crippen LogP contribution in [0.5, 0.6) is 0 Å². The number of benzene rings is 1. The van der Waals surface area contributed by atoms with E-state index in [1.165, 1.54) is 25.0 Å². The zero-order chi connectivity index (χ0) is 22.3. The van der Waals surface area contributed by atoms with Crippen molar-refractivity contribution in [3.63, 3.8) is 0 Å². The van der Waals surface area contributed by atoms with E-state index in [2.05, 4.69) is 37.7 Å². The molecule has 1 amide bonds. The normalized spacial score (nSPS) is 11.3. The summed E-state index contributed by atoms with van der Waals surface area (Å²) in [4.78, 5) is 41.5. The molecule has 0 aliphatic heterocycles. The van der Waals surface area contributed by atoms with Crippen LogP contribution in [0.15, 0.2) is 47.1 Å². The number of carbonyl (C=O) groups excluding carboxylic acids is 3. The highest BCUT2D eigenvalue weighted by Gasteiger charge is 2.32. The van der Waals surface area contributed by atoms with E-state index in [1.807, 2.05) is 0 Å². The van der Waals surface area contributed by atoms with Gasteiger partial charge in [-0.05, 0) is 30.3 Å². The maximum atomic E-state index is 13.0. The predicted octanol–water partition coefficient (Wildman–Crippen LogP) is 3.05. The summed E-state index contributed by atoms with van der Waals surface area (Å²) in [6.07, 6.45) is 1.62. The maximum Gasteiger partial charge on any atom is 0.305 e. The number of anilines is 1. The molecular weight excluding hydrogens is 476 g/mol. The van der Waals surface area contributed by atoms with Crippen molar-refractivity contribution in [2.24, 2.45) is 0 Å². The summed E-state index contributed by atoms with van der Waals surface area (Å²) in [6.45, 7) is 3.75. The van der Waals surface area contributed by atoms with Crippen LogP contribution in [-0.2, 0) is 14.3 Å². The standard InChI is InChI=1S/C20H20BrClN4O4/c1-25(26(2)22)17(9-10-18(27)30-3)20(29)24-15-8-7-13(21)12-14(15)19(28)16-6-4-5-11-23-16/h4-8,11-12,17H,1,9-10H2,2-3H3/p+1/t17-/m0/s1. The van der Waals surface area contributed by atoms with Crippen molar-refractivity contribution >= 4 is 57.8 Å². The molecule has 1 N–H and O–H groups in total. The van der Waals surface area contributed by atoms with Crippen LogP contribution in [0.1, 0.15) is 28.9 Å². The molecule has 1 aromatic heterocycles. The number of nitrogens with one attached hydrogen (secondary N) is 1. The molecule has 0 aliphatic rings. The van der Waals surface area contributed by atoms with Crippen LogP contribution in [0.3, 0.4) is 0 Å². The first kappa shape index (κ1) is 23.5. The number of aromatic nitrogens is 1. The van der Waals surface area contributed by atoms with Gasteiger partial charge in [0.05, 0.1) is 38.0 Å². The van der Waals surface area contributed by atoms with Crippen LogP contribution in [0.2, 0.25) is 0 Å². The van der Waals surface area contributed by atoms with Crippen molar-refractivity contribution in [1.29, 1.82) is 0 Å². The third-order valence-electron chi connectivity index (χ3n) is 4.25. The Hall–Kier alpha value is -2.78. The Kier molecular flexibility index (Phi) is 8.49.